The molecule has 1 amide bonds. The number of anilines is 1. The van der Waals surface area contributed by atoms with E-state index in [9.17, 15) is 9.90 Å². The van der Waals surface area contributed by atoms with Gasteiger partial charge in [-0.3, -0.25) is 4.79 Å². The minimum absolute atomic E-state index is 0.257. The number of carbonyl (C=O) groups is 1. The Morgan fingerprint density at radius 1 is 1.29 bits per heavy atom. The summed E-state index contributed by atoms with van der Waals surface area (Å²) in [5.41, 5.74) is 1.63. The summed E-state index contributed by atoms with van der Waals surface area (Å²) in [6, 6.07) is 15.7. The molecule has 0 radical (unpaired) electrons. The molecule has 2 rings (SSSR count). The predicted octanol–water partition coefficient (Wildman–Crippen LogP) is 3.27. The second kappa shape index (κ2) is 6.89. The molecule has 0 heterocycles. The molecule has 0 saturated heterocycles. The SMILES string of the molecule is N#CCC(=O)Nc1cc(Cl)ccc1C(O)c1ccccc1. The molecule has 2 N–H and O–H groups in total. The van der Waals surface area contributed by atoms with Crippen LogP contribution in [0.4, 0.5) is 5.69 Å². The Morgan fingerprint density at radius 2 is 2.00 bits per heavy atom. The summed E-state index contributed by atoms with van der Waals surface area (Å²) >= 11 is 5.93. The van der Waals surface area contributed by atoms with Gasteiger partial charge in [0, 0.05) is 16.3 Å². The van der Waals surface area contributed by atoms with E-state index in [0.29, 0.717) is 21.8 Å². The van der Waals surface area contributed by atoms with Gasteiger partial charge in [0.1, 0.15) is 12.5 Å². The summed E-state index contributed by atoms with van der Waals surface area (Å²) in [7, 11) is 0. The Bertz CT molecular complexity index is 680. The number of hydrogen-bond acceptors (Lipinski definition) is 3. The van der Waals surface area contributed by atoms with Crippen molar-refractivity contribution in [1.82, 2.24) is 0 Å². The van der Waals surface area contributed by atoms with Crippen LogP contribution in [-0.4, -0.2) is 11.0 Å². The van der Waals surface area contributed by atoms with Gasteiger partial charge in [0.15, 0.2) is 0 Å². The molecule has 21 heavy (non-hydrogen) atoms. The van der Waals surface area contributed by atoms with E-state index in [1.54, 1.807) is 36.4 Å². The maximum atomic E-state index is 11.6. The van der Waals surface area contributed by atoms with Crippen molar-refractivity contribution < 1.29 is 9.90 Å². The maximum Gasteiger partial charge on any atom is 0.238 e. The lowest BCUT2D eigenvalue weighted by molar-refractivity contribution is -0.115. The smallest absolute Gasteiger partial charge is 0.238 e. The maximum absolute atomic E-state index is 11.6. The molecule has 2 aromatic rings. The number of halogens is 1. The first kappa shape index (κ1) is 15.0. The van der Waals surface area contributed by atoms with Gasteiger partial charge in [-0.1, -0.05) is 48.0 Å². The van der Waals surface area contributed by atoms with E-state index in [0.717, 1.165) is 0 Å². The molecule has 0 bridgehead atoms. The first-order chi connectivity index (χ1) is 10.1. The van der Waals surface area contributed by atoms with Gasteiger partial charge in [-0.2, -0.15) is 5.26 Å². The van der Waals surface area contributed by atoms with Crippen LogP contribution in [0.3, 0.4) is 0 Å². The largest absolute Gasteiger partial charge is 0.384 e. The molecular formula is C16H13ClN2O2. The first-order valence-electron chi connectivity index (χ1n) is 6.31. The fourth-order valence-electron chi connectivity index (χ4n) is 1.96. The number of nitriles is 1. The molecule has 5 heteroatoms. The Kier molecular flexibility index (Phi) is 4.94. The quantitative estimate of drug-likeness (QED) is 0.910. The molecular weight excluding hydrogens is 288 g/mol. The first-order valence-corrected chi connectivity index (χ1v) is 6.69. The van der Waals surface area contributed by atoms with E-state index >= 15 is 0 Å². The molecule has 0 aliphatic carbocycles. The normalized spacial score (nSPS) is 11.5. The van der Waals surface area contributed by atoms with Gasteiger partial charge in [0.2, 0.25) is 5.91 Å². The second-order valence-electron chi connectivity index (χ2n) is 4.43. The van der Waals surface area contributed by atoms with Crippen LogP contribution >= 0.6 is 11.6 Å². The van der Waals surface area contributed by atoms with Gasteiger partial charge in [-0.25, -0.2) is 0 Å². The van der Waals surface area contributed by atoms with Crippen molar-refractivity contribution in [2.24, 2.45) is 0 Å². The molecule has 0 aliphatic heterocycles. The number of nitrogens with one attached hydrogen (secondary N) is 1. The summed E-state index contributed by atoms with van der Waals surface area (Å²) in [6.45, 7) is 0. The lowest BCUT2D eigenvalue weighted by atomic mass is 10.00. The van der Waals surface area contributed by atoms with Crippen LogP contribution in [0.15, 0.2) is 48.5 Å². The van der Waals surface area contributed by atoms with Gasteiger partial charge in [0.05, 0.1) is 6.07 Å². The van der Waals surface area contributed by atoms with Gasteiger partial charge < -0.3 is 10.4 Å². The fraction of sp³-hybridized carbons (Fsp3) is 0.125. The highest BCUT2D eigenvalue weighted by atomic mass is 35.5. The molecule has 0 fully saturated rings. The van der Waals surface area contributed by atoms with E-state index in [1.165, 1.54) is 0 Å². The van der Waals surface area contributed by atoms with Crippen LogP contribution in [0.5, 0.6) is 0 Å². The lowest BCUT2D eigenvalue weighted by Crippen LogP contribution is -2.13. The Hall–Kier alpha value is -2.35. The molecule has 0 saturated carbocycles. The molecule has 4 nitrogen and oxygen atoms in total. The third-order valence-corrected chi connectivity index (χ3v) is 3.17. The zero-order valence-electron chi connectivity index (χ0n) is 11.1. The highest BCUT2D eigenvalue weighted by molar-refractivity contribution is 6.31. The van der Waals surface area contributed by atoms with E-state index in [2.05, 4.69) is 5.32 Å². The highest BCUT2D eigenvalue weighted by Crippen LogP contribution is 2.30. The van der Waals surface area contributed by atoms with Crippen LogP contribution < -0.4 is 5.32 Å². The number of nitrogens with zero attached hydrogens (tertiary/aromatic N) is 1. The zero-order chi connectivity index (χ0) is 15.2. The van der Waals surface area contributed by atoms with Gasteiger partial charge in [-0.15, -0.1) is 0 Å². The van der Waals surface area contributed by atoms with E-state index in [4.69, 9.17) is 16.9 Å². The van der Waals surface area contributed by atoms with E-state index in [1.807, 2.05) is 18.2 Å². The third-order valence-electron chi connectivity index (χ3n) is 2.94. The number of carbonyl (C=O) groups excluding carboxylic acids is 1. The second-order valence-corrected chi connectivity index (χ2v) is 4.86. The molecule has 2 aromatic carbocycles. The van der Waals surface area contributed by atoms with Gasteiger partial charge in [-0.05, 0) is 17.7 Å². The van der Waals surface area contributed by atoms with Gasteiger partial charge in [0.25, 0.3) is 0 Å². The number of hydrogen-bond donors (Lipinski definition) is 2. The van der Waals surface area contributed by atoms with Crippen LogP contribution in [0.1, 0.15) is 23.7 Å². The molecule has 1 atom stereocenters. The van der Waals surface area contributed by atoms with Crippen molar-refractivity contribution in [3.63, 3.8) is 0 Å². The van der Waals surface area contributed by atoms with E-state index < -0.39 is 12.0 Å². The van der Waals surface area contributed by atoms with Gasteiger partial charge >= 0.3 is 0 Å². The summed E-state index contributed by atoms with van der Waals surface area (Å²) in [6.07, 6.45) is -1.14. The minimum atomic E-state index is -0.888. The molecule has 0 spiro atoms. The molecule has 0 aromatic heterocycles. The number of rotatable bonds is 4. The lowest BCUT2D eigenvalue weighted by Gasteiger charge is -2.16. The average molecular weight is 301 g/mol. The van der Waals surface area contributed by atoms with Crippen LogP contribution in [0.25, 0.3) is 0 Å². The monoisotopic (exact) mass is 300 g/mol. The van der Waals surface area contributed by atoms with E-state index in [-0.39, 0.29) is 6.42 Å². The minimum Gasteiger partial charge on any atom is -0.384 e. The summed E-state index contributed by atoms with van der Waals surface area (Å²) in [5.74, 6) is -0.443. The number of aliphatic hydroxyl groups excluding tert-OH is 1. The standard InChI is InChI=1S/C16H13ClN2O2/c17-12-6-7-13(14(10-12)19-15(20)8-9-18)16(21)11-4-2-1-3-5-11/h1-7,10,16,21H,8H2,(H,19,20). The van der Waals surface area contributed by atoms with Crippen LogP contribution in [0, 0.1) is 11.3 Å². The van der Waals surface area contributed by atoms with Crippen molar-refractivity contribution in [3.8, 4) is 6.07 Å². The van der Waals surface area contributed by atoms with Crippen molar-refractivity contribution >= 4 is 23.2 Å². The van der Waals surface area contributed by atoms with Crippen molar-refractivity contribution in [1.29, 1.82) is 5.26 Å². The van der Waals surface area contributed by atoms with Crippen molar-refractivity contribution in [2.45, 2.75) is 12.5 Å². The summed E-state index contributed by atoms with van der Waals surface area (Å²) in [4.78, 5) is 11.6. The van der Waals surface area contributed by atoms with Crippen LogP contribution in [0.2, 0.25) is 5.02 Å². The third kappa shape index (κ3) is 3.82. The average Bonchev–Trinajstić information content (AvgIpc) is 2.48. The van der Waals surface area contributed by atoms with Crippen LogP contribution in [-0.2, 0) is 4.79 Å². The Balaban J connectivity index is 2.35. The topological polar surface area (TPSA) is 73.1 Å². The molecule has 106 valence electrons. The zero-order valence-corrected chi connectivity index (χ0v) is 11.8. The summed E-state index contributed by atoms with van der Waals surface area (Å²) < 4.78 is 0. The Morgan fingerprint density at radius 3 is 2.67 bits per heavy atom. The summed E-state index contributed by atoms with van der Waals surface area (Å²) in [5, 5.41) is 22.0. The Labute approximate surface area is 127 Å². The van der Waals surface area contributed by atoms with Crippen molar-refractivity contribution in [2.75, 3.05) is 5.32 Å². The number of benzene rings is 2. The number of amides is 1. The molecule has 1 unspecified atom stereocenters. The molecule has 0 aliphatic rings. The highest BCUT2D eigenvalue weighted by Gasteiger charge is 2.16. The van der Waals surface area contributed by atoms with Crippen molar-refractivity contribution in [3.05, 3.63) is 64.7 Å². The predicted molar refractivity (Wildman–Crippen MR) is 80.8 cm³/mol. The number of aliphatic hydroxyl groups is 1. The fourth-order valence-corrected chi connectivity index (χ4v) is 2.13.